The van der Waals surface area contributed by atoms with Gasteiger partial charge in [0.25, 0.3) is 11.6 Å². The number of carbonyl (C=O) groups excluding carboxylic acids is 1. The molecule has 0 N–H and O–H groups in total. The van der Waals surface area contributed by atoms with Gasteiger partial charge in [-0.25, -0.2) is 4.68 Å². The molecule has 33 heavy (non-hydrogen) atoms. The molecule has 1 saturated heterocycles. The summed E-state index contributed by atoms with van der Waals surface area (Å²) in [4.78, 5) is 26.8. The van der Waals surface area contributed by atoms with Gasteiger partial charge in [-0.15, -0.1) is 0 Å². The lowest BCUT2D eigenvalue weighted by atomic mass is 10.1. The first kappa shape index (κ1) is 22.6. The van der Waals surface area contributed by atoms with Crippen molar-refractivity contribution < 1.29 is 22.9 Å². The van der Waals surface area contributed by atoms with Crippen LogP contribution < -0.4 is 4.90 Å². The summed E-state index contributed by atoms with van der Waals surface area (Å²) in [5.74, 6) is -0.801. The van der Waals surface area contributed by atoms with Crippen molar-refractivity contribution in [2.75, 3.05) is 31.1 Å². The number of nitro groups is 1. The number of para-hydroxylation sites is 2. The van der Waals surface area contributed by atoms with Gasteiger partial charge in [-0.3, -0.25) is 14.9 Å². The van der Waals surface area contributed by atoms with Gasteiger partial charge in [0, 0.05) is 37.3 Å². The Morgan fingerprint density at radius 3 is 2.27 bits per heavy atom. The molecule has 12 heteroatoms. The number of hydrogen-bond acceptors (Lipinski definition) is 5. The molecule has 1 aliphatic heterocycles. The van der Waals surface area contributed by atoms with Crippen LogP contribution in [0.1, 0.15) is 16.1 Å². The lowest BCUT2D eigenvalue weighted by molar-refractivity contribution is -0.384. The number of amides is 1. The maximum absolute atomic E-state index is 13.9. The zero-order valence-corrected chi connectivity index (χ0v) is 17.8. The van der Waals surface area contributed by atoms with Crippen LogP contribution in [0.2, 0.25) is 5.02 Å². The maximum atomic E-state index is 13.9. The van der Waals surface area contributed by atoms with Gasteiger partial charge < -0.3 is 9.80 Å². The first-order valence-corrected chi connectivity index (χ1v) is 10.2. The minimum Gasteiger partial charge on any atom is -0.362 e. The number of carbonyl (C=O) groups is 1. The van der Waals surface area contributed by atoms with E-state index < -0.39 is 28.3 Å². The van der Waals surface area contributed by atoms with Gasteiger partial charge in [-0.05, 0) is 30.3 Å². The smallest absolute Gasteiger partial charge is 0.362 e. The Bertz CT molecular complexity index is 1190. The van der Waals surface area contributed by atoms with Crippen molar-refractivity contribution in [1.82, 2.24) is 14.7 Å². The third-order valence-corrected chi connectivity index (χ3v) is 5.58. The average molecular weight is 480 g/mol. The van der Waals surface area contributed by atoms with Gasteiger partial charge in [0.2, 0.25) is 0 Å². The lowest BCUT2D eigenvalue weighted by Gasteiger charge is -2.35. The topological polar surface area (TPSA) is 84.5 Å². The average Bonchev–Trinajstić information content (AvgIpc) is 3.25. The fourth-order valence-electron chi connectivity index (χ4n) is 3.76. The molecule has 0 atom stereocenters. The SMILES string of the molecule is O=C(c1cnn(-c2ccc(Cl)cc2)c1C(F)(F)F)N1CCN(c2ccccc2[N+](=O)[O-])CC1. The molecule has 1 fully saturated rings. The second-order valence-corrected chi connectivity index (χ2v) is 7.75. The van der Waals surface area contributed by atoms with Crippen LogP contribution in [0.15, 0.2) is 54.7 Å². The van der Waals surface area contributed by atoms with Crippen molar-refractivity contribution in [2.45, 2.75) is 6.18 Å². The Morgan fingerprint density at radius 2 is 1.67 bits per heavy atom. The van der Waals surface area contributed by atoms with E-state index in [1.807, 2.05) is 0 Å². The fourth-order valence-corrected chi connectivity index (χ4v) is 3.89. The van der Waals surface area contributed by atoms with Gasteiger partial charge in [0.05, 0.1) is 22.4 Å². The molecule has 1 amide bonds. The van der Waals surface area contributed by atoms with Crippen molar-refractivity contribution in [3.8, 4) is 5.69 Å². The summed E-state index contributed by atoms with van der Waals surface area (Å²) in [6.45, 7) is 0.690. The van der Waals surface area contributed by atoms with Gasteiger partial charge >= 0.3 is 6.18 Å². The summed E-state index contributed by atoms with van der Waals surface area (Å²) in [7, 11) is 0. The number of hydrogen-bond donors (Lipinski definition) is 0. The zero-order chi connectivity index (χ0) is 23.8. The number of aromatic nitrogens is 2. The molecule has 1 aliphatic rings. The third kappa shape index (κ3) is 4.49. The van der Waals surface area contributed by atoms with E-state index >= 15 is 0 Å². The quantitative estimate of drug-likeness (QED) is 0.408. The maximum Gasteiger partial charge on any atom is 0.434 e. The van der Waals surface area contributed by atoms with Crippen molar-refractivity contribution in [2.24, 2.45) is 0 Å². The lowest BCUT2D eigenvalue weighted by Crippen LogP contribution is -2.49. The van der Waals surface area contributed by atoms with Crippen molar-refractivity contribution >= 4 is 28.9 Å². The van der Waals surface area contributed by atoms with Crippen LogP contribution in [0.4, 0.5) is 24.5 Å². The van der Waals surface area contributed by atoms with E-state index in [2.05, 4.69) is 5.10 Å². The Morgan fingerprint density at radius 1 is 1.03 bits per heavy atom. The van der Waals surface area contributed by atoms with Crippen LogP contribution in [0, 0.1) is 10.1 Å². The summed E-state index contributed by atoms with van der Waals surface area (Å²) in [6.07, 6.45) is -3.91. The van der Waals surface area contributed by atoms with Crippen LogP contribution >= 0.6 is 11.6 Å². The zero-order valence-electron chi connectivity index (χ0n) is 17.0. The minimum atomic E-state index is -4.83. The summed E-state index contributed by atoms with van der Waals surface area (Å²) in [5.41, 5.74) is -1.28. The van der Waals surface area contributed by atoms with Crippen LogP contribution in [-0.4, -0.2) is 51.7 Å². The van der Waals surface area contributed by atoms with E-state index in [1.54, 1.807) is 23.1 Å². The van der Waals surface area contributed by atoms with Crippen LogP contribution in [0.25, 0.3) is 5.69 Å². The predicted octanol–water partition coefficient (Wildman–Crippen LogP) is 4.42. The van der Waals surface area contributed by atoms with Gasteiger partial charge in [-0.1, -0.05) is 23.7 Å². The normalized spacial score (nSPS) is 14.4. The number of rotatable bonds is 4. The number of halogens is 4. The molecule has 3 aromatic rings. The van der Waals surface area contributed by atoms with Crippen LogP contribution in [-0.2, 0) is 6.18 Å². The van der Waals surface area contributed by atoms with Crippen molar-refractivity contribution in [3.63, 3.8) is 0 Å². The Labute approximate surface area is 190 Å². The Balaban J connectivity index is 1.57. The first-order valence-electron chi connectivity index (χ1n) is 9.85. The van der Waals surface area contributed by atoms with Crippen LogP contribution in [0.5, 0.6) is 0 Å². The molecule has 0 aliphatic carbocycles. The molecule has 0 spiro atoms. The molecule has 2 aromatic carbocycles. The molecule has 8 nitrogen and oxygen atoms in total. The van der Waals surface area contributed by atoms with E-state index in [9.17, 15) is 28.1 Å². The molecular formula is C21H17ClF3N5O3. The van der Waals surface area contributed by atoms with E-state index in [0.717, 1.165) is 6.20 Å². The number of alkyl halides is 3. The molecule has 2 heterocycles. The third-order valence-electron chi connectivity index (χ3n) is 5.33. The van der Waals surface area contributed by atoms with E-state index in [-0.39, 0.29) is 37.6 Å². The predicted molar refractivity (Wildman–Crippen MR) is 115 cm³/mol. The molecule has 0 radical (unpaired) electrons. The highest BCUT2D eigenvalue weighted by Gasteiger charge is 2.42. The number of nitrogens with zero attached hydrogens (tertiary/aromatic N) is 5. The molecule has 0 unspecified atom stereocenters. The van der Waals surface area contributed by atoms with Crippen molar-refractivity contribution in [1.29, 1.82) is 0 Å². The number of piperazine rings is 1. The molecule has 4 rings (SSSR count). The van der Waals surface area contributed by atoms with Crippen LogP contribution in [0.3, 0.4) is 0 Å². The number of nitro benzene ring substituents is 1. The van der Waals surface area contributed by atoms with Gasteiger partial charge in [0.1, 0.15) is 5.69 Å². The molecule has 0 bridgehead atoms. The summed E-state index contributed by atoms with van der Waals surface area (Å²) in [5, 5.41) is 15.4. The largest absolute Gasteiger partial charge is 0.434 e. The highest BCUT2D eigenvalue weighted by Crippen LogP contribution is 2.35. The standard InChI is InChI=1S/C21H17ClF3N5O3/c22-14-5-7-15(8-6-14)29-19(21(23,24)25)16(13-26-29)20(31)28-11-9-27(10-12-28)17-3-1-2-4-18(17)30(32)33/h1-8,13H,9-12H2. The van der Waals surface area contributed by atoms with E-state index in [0.29, 0.717) is 15.4 Å². The Hall–Kier alpha value is -3.60. The van der Waals surface area contributed by atoms with E-state index in [4.69, 9.17) is 11.6 Å². The first-order chi connectivity index (χ1) is 15.7. The highest BCUT2D eigenvalue weighted by molar-refractivity contribution is 6.30. The summed E-state index contributed by atoms with van der Waals surface area (Å²) >= 11 is 5.82. The Kier molecular flexibility index (Phi) is 5.98. The van der Waals surface area contributed by atoms with Gasteiger partial charge in [-0.2, -0.15) is 18.3 Å². The summed E-state index contributed by atoms with van der Waals surface area (Å²) < 4.78 is 42.4. The molecular weight excluding hydrogens is 463 g/mol. The van der Waals surface area contributed by atoms with Crippen molar-refractivity contribution in [3.05, 3.63) is 81.1 Å². The second-order valence-electron chi connectivity index (χ2n) is 7.32. The highest BCUT2D eigenvalue weighted by atomic mass is 35.5. The second kappa shape index (κ2) is 8.74. The van der Waals surface area contributed by atoms with Gasteiger partial charge in [0.15, 0.2) is 5.69 Å². The summed E-state index contributed by atoms with van der Waals surface area (Å²) in [6, 6.07) is 11.8. The monoisotopic (exact) mass is 479 g/mol. The molecule has 172 valence electrons. The number of benzene rings is 2. The fraction of sp³-hybridized carbons (Fsp3) is 0.238. The number of anilines is 1. The minimum absolute atomic E-state index is 0.0686. The van der Waals surface area contributed by atoms with E-state index in [1.165, 1.54) is 35.2 Å². The molecule has 0 saturated carbocycles. The molecule has 1 aromatic heterocycles.